The Morgan fingerprint density at radius 3 is 2.84 bits per heavy atom. The van der Waals surface area contributed by atoms with E-state index in [-0.39, 0.29) is 5.91 Å². The first kappa shape index (κ1) is 17.3. The lowest BCUT2D eigenvalue weighted by molar-refractivity contribution is -0.116. The van der Waals surface area contributed by atoms with E-state index in [1.54, 1.807) is 24.5 Å². The van der Waals surface area contributed by atoms with Crippen LogP contribution in [0.2, 0.25) is 0 Å². The number of thiophene rings is 1. The Balaban J connectivity index is 1.88. The van der Waals surface area contributed by atoms with Gasteiger partial charge in [0.25, 0.3) is 0 Å². The van der Waals surface area contributed by atoms with Gasteiger partial charge in [-0.1, -0.05) is 6.07 Å². The largest absolute Gasteiger partial charge is 0.496 e. The molecule has 0 aliphatic rings. The summed E-state index contributed by atoms with van der Waals surface area (Å²) in [7, 11) is 1.62. The molecule has 0 saturated heterocycles. The maximum Gasteiger partial charge on any atom is 0.244 e. The van der Waals surface area contributed by atoms with Crippen LogP contribution in [-0.4, -0.2) is 13.0 Å². The molecule has 3 rings (SSSR count). The van der Waals surface area contributed by atoms with Crippen molar-refractivity contribution in [1.29, 1.82) is 0 Å². The summed E-state index contributed by atoms with van der Waals surface area (Å²) < 4.78 is 11.3. The molecule has 0 bridgehead atoms. The van der Waals surface area contributed by atoms with Gasteiger partial charge < -0.3 is 14.5 Å². The van der Waals surface area contributed by atoms with Gasteiger partial charge in [0.2, 0.25) is 5.91 Å². The van der Waals surface area contributed by atoms with Gasteiger partial charge in [-0.2, -0.15) is 0 Å². The van der Waals surface area contributed by atoms with Crippen LogP contribution in [0, 0.1) is 13.8 Å². The molecule has 0 saturated carbocycles. The number of carbonyl (C=O) groups excluding carboxylic acids is 1. The van der Waals surface area contributed by atoms with Gasteiger partial charge in [0.15, 0.2) is 0 Å². The van der Waals surface area contributed by atoms with Gasteiger partial charge >= 0.3 is 0 Å². The van der Waals surface area contributed by atoms with E-state index in [1.165, 1.54) is 0 Å². The minimum Gasteiger partial charge on any atom is -0.496 e. The lowest BCUT2D eigenvalue weighted by Crippen LogP contribution is -2.20. The maximum absolute atomic E-state index is 12.2. The first-order valence-electron chi connectivity index (χ1n) is 8.06. The number of carbonyl (C=O) groups is 1. The molecule has 4 nitrogen and oxygen atoms in total. The number of methoxy groups -OCH3 is 1. The van der Waals surface area contributed by atoms with E-state index in [1.807, 2.05) is 50.4 Å². The summed E-state index contributed by atoms with van der Waals surface area (Å²) in [5.74, 6) is 1.47. The van der Waals surface area contributed by atoms with Gasteiger partial charge in [0, 0.05) is 28.0 Å². The number of ether oxygens (including phenoxy) is 1. The Morgan fingerprint density at radius 1 is 1.36 bits per heavy atom. The van der Waals surface area contributed by atoms with Crippen LogP contribution in [0.25, 0.3) is 16.5 Å². The fourth-order valence-electron chi connectivity index (χ4n) is 2.76. The van der Waals surface area contributed by atoms with Gasteiger partial charge in [-0.25, -0.2) is 0 Å². The molecule has 25 heavy (non-hydrogen) atoms. The van der Waals surface area contributed by atoms with Crippen LogP contribution in [0.5, 0.6) is 5.75 Å². The highest BCUT2D eigenvalue weighted by Crippen LogP contribution is 2.34. The summed E-state index contributed by atoms with van der Waals surface area (Å²) in [5, 5.41) is 5.95. The number of rotatable bonds is 5. The predicted octanol–water partition coefficient (Wildman–Crippen LogP) is 4.84. The van der Waals surface area contributed by atoms with Crippen LogP contribution < -0.4 is 10.1 Å². The molecule has 2 aromatic heterocycles. The highest BCUT2D eigenvalue weighted by molar-refractivity contribution is 7.09. The topological polar surface area (TPSA) is 51.5 Å². The number of amides is 1. The molecule has 0 spiro atoms. The van der Waals surface area contributed by atoms with E-state index >= 15 is 0 Å². The SMILES string of the molecule is COc1cc2oc(C)c(C)c2cc1/C(C)=C/C(=O)NCc1cccs1. The Labute approximate surface area is 151 Å². The Morgan fingerprint density at radius 2 is 2.16 bits per heavy atom. The molecule has 0 atom stereocenters. The van der Waals surface area contributed by atoms with Crippen LogP contribution in [0.1, 0.15) is 28.7 Å². The van der Waals surface area contributed by atoms with Gasteiger partial charge in [0.05, 0.1) is 13.7 Å². The van der Waals surface area contributed by atoms with Crippen LogP contribution in [0.4, 0.5) is 0 Å². The Hall–Kier alpha value is -2.53. The standard InChI is InChI=1S/C20H21NO3S/c1-12(8-20(22)21-11-15-6-5-7-25-15)16-9-17-13(2)14(3)24-19(17)10-18(16)23-4/h5-10H,11H2,1-4H3,(H,21,22)/b12-8+. The zero-order valence-electron chi connectivity index (χ0n) is 14.8. The van der Waals surface area contributed by atoms with Crippen molar-refractivity contribution in [2.75, 3.05) is 7.11 Å². The average Bonchev–Trinajstić information content (AvgIpc) is 3.20. The van der Waals surface area contributed by atoms with E-state index in [0.717, 1.165) is 38.3 Å². The van der Waals surface area contributed by atoms with Crippen LogP contribution >= 0.6 is 11.3 Å². The van der Waals surface area contributed by atoms with E-state index in [0.29, 0.717) is 12.3 Å². The first-order chi connectivity index (χ1) is 12.0. The van der Waals surface area contributed by atoms with Crippen molar-refractivity contribution in [3.63, 3.8) is 0 Å². The second kappa shape index (κ2) is 7.15. The zero-order chi connectivity index (χ0) is 18.0. The lowest BCUT2D eigenvalue weighted by Gasteiger charge is -2.09. The molecule has 1 N–H and O–H groups in total. The van der Waals surface area contributed by atoms with E-state index < -0.39 is 0 Å². The summed E-state index contributed by atoms with van der Waals surface area (Å²) in [6.07, 6.45) is 1.61. The van der Waals surface area contributed by atoms with Crippen molar-refractivity contribution in [2.24, 2.45) is 0 Å². The zero-order valence-corrected chi connectivity index (χ0v) is 15.6. The van der Waals surface area contributed by atoms with Crippen molar-refractivity contribution in [3.8, 4) is 5.75 Å². The quantitative estimate of drug-likeness (QED) is 0.666. The Kier molecular flexibility index (Phi) is 4.95. The summed E-state index contributed by atoms with van der Waals surface area (Å²) in [5.41, 5.74) is 3.64. The minimum atomic E-state index is -0.117. The highest BCUT2D eigenvalue weighted by Gasteiger charge is 2.14. The summed E-state index contributed by atoms with van der Waals surface area (Å²) in [4.78, 5) is 13.3. The number of benzene rings is 1. The molecule has 2 heterocycles. The molecule has 0 unspecified atom stereocenters. The van der Waals surface area contributed by atoms with Gasteiger partial charge in [-0.3, -0.25) is 4.79 Å². The molecule has 0 fully saturated rings. The number of nitrogens with one attached hydrogen (secondary N) is 1. The Bertz CT molecular complexity index is 936. The van der Waals surface area contributed by atoms with Crippen molar-refractivity contribution in [2.45, 2.75) is 27.3 Å². The molecule has 1 amide bonds. The number of allylic oxidation sites excluding steroid dienone is 1. The molecule has 130 valence electrons. The van der Waals surface area contributed by atoms with Crippen LogP contribution in [-0.2, 0) is 11.3 Å². The van der Waals surface area contributed by atoms with Crippen molar-refractivity contribution in [3.05, 3.63) is 57.5 Å². The van der Waals surface area contributed by atoms with Crippen LogP contribution in [0.15, 0.2) is 40.1 Å². The minimum absolute atomic E-state index is 0.117. The fourth-order valence-corrected chi connectivity index (χ4v) is 3.40. The third kappa shape index (κ3) is 3.61. The maximum atomic E-state index is 12.2. The molecular formula is C20H21NO3S. The van der Waals surface area contributed by atoms with Gasteiger partial charge in [-0.15, -0.1) is 11.3 Å². The predicted molar refractivity (Wildman–Crippen MR) is 102 cm³/mol. The third-order valence-electron chi connectivity index (χ3n) is 4.29. The number of aryl methyl sites for hydroxylation is 2. The summed E-state index contributed by atoms with van der Waals surface area (Å²) in [6.45, 7) is 6.43. The van der Waals surface area contributed by atoms with E-state index in [4.69, 9.17) is 9.15 Å². The number of furan rings is 1. The second-order valence-electron chi connectivity index (χ2n) is 5.96. The van der Waals surface area contributed by atoms with Gasteiger partial charge in [-0.05, 0) is 49.4 Å². The molecule has 0 aliphatic carbocycles. The van der Waals surface area contributed by atoms with Crippen molar-refractivity contribution < 1.29 is 13.9 Å². The molecule has 3 aromatic rings. The lowest BCUT2D eigenvalue weighted by atomic mass is 10.0. The molecule has 0 aliphatic heterocycles. The van der Waals surface area contributed by atoms with E-state index in [9.17, 15) is 4.79 Å². The molecule has 1 aromatic carbocycles. The van der Waals surface area contributed by atoms with Crippen molar-refractivity contribution in [1.82, 2.24) is 5.32 Å². The number of hydrogen-bond donors (Lipinski definition) is 1. The summed E-state index contributed by atoms with van der Waals surface area (Å²) >= 11 is 1.63. The number of fused-ring (bicyclic) bond motifs is 1. The third-order valence-corrected chi connectivity index (χ3v) is 5.16. The smallest absolute Gasteiger partial charge is 0.244 e. The fraction of sp³-hybridized carbons (Fsp3) is 0.250. The van der Waals surface area contributed by atoms with Crippen molar-refractivity contribution >= 4 is 33.8 Å². The average molecular weight is 355 g/mol. The first-order valence-corrected chi connectivity index (χ1v) is 8.94. The molecular weight excluding hydrogens is 334 g/mol. The molecule has 5 heteroatoms. The number of hydrogen-bond acceptors (Lipinski definition) is 4. The summed E-state index contributed by atoms with van der Waals surface area (Å²) in [6, 6.07) is 7.88. The van der Waals surface area contributed by atoms with Crippen LogP contribution in [0.3, 0.4) is 0 Å². The normalized spacial score (nSPS) is 11.8. The second-order valence-corrected chi connectivity index (χ2v) is 6.99. The highest BCUT2D eigenvalue weighted by atomic mass is 32.1. The van der Waals surface area contributed by atoms with E-state index in [2.05, 4.69) is 5.32 Å². The molecule has 0 radical (unpaired) electrons. The monoisotopic (exact) mass is 355 g/mol. The van der Waals surface area contributed by atoms with Gasteiger partial charge in [0.1, 0.15) is 17.1 Å².